The molecule has 4 nitrogen and oxygen atoms in total. The van der Waals surface area contributed by atoms with Crippen LogP contribution in [-0.4, -0.2) is 29.4 Å². The van der Waals surface area contributed by atoms with Gasteiger partial charge in [0.25, 0.3) is 0 Å². The average Bonchev–Trinajstić information content (AvgIpc) is 2.62. The highest BCUT2D eigenvalue weighted by Crippen LogP contribution is 2.16. The van der Waals surface area contributed by atoms with E-state index in [0.717, 1.165) is 5.56 Å². The molecule has 0 bridgehead atoms. The van der Waals surface area contributed by atoms with Gasteiger partial charge in [0.05, 0.1) is 0 Å². The molecule has 0 amide bonds. The molecule has 1 fully saturated rings. The summed E-state index contributed by atoms with van der Waals surface area (Å²) >= 11 is 0. The number of ketones is 1. The number of aliphatic carboxylic acids is 1. The molecular formula is C12H13NO3. The van der Waals surface area contributed by atoms with E-state index in [1.165, 1.54) is 0 Å². The SMILES string of the molecule is O=C(O)[C@H]1NCC(Cc2ccccc2)C1=O. The van der Waals surface area contributed by atoms with Crippen LogP contribution < -0.4 is 5.32 Å². The van der Waals surface area contributed by atoms with Crippen molar-refractivity contribution in [2.75, 3.05) is 6.54 Å². The second-order valence-corrected chi connectivity index (χ2v) is 3.97. The first kappa shape index (κ1) is 10.8. The van der Waals surface area contributed by atoms with Gasteiger partial charge in [0.2, 0.25) is 0 Å². The van der Waals surface area contributed by atoms with Gasteiger partial charge in [0.1, 0.15) is 0 Å². The molecule has 1 unspecified atom stereocenters. The zero-order chi connectivity index (χ0) is 11.5. The first-order valence-electron chi connectivity index (χ1n) is 5.22. The Labute approximate surface area is 93.3 Å². The first-order valence-corrected chi connectivity index (χ1v) is 5.22. The summed E-state index contributed by atoms with van der Waals surface area (Å²) in [5.41, 5.74) is 1.06. The number of carboxylic acid groups (broad SMARTS) is 1. The van der Waals surface area contributed by atoms with E-state index in [-0.39, 0.29) is 11.7 Å². The second kappa shape index (κ2) is 4.45. The van der Waals surface area contributed by atoms with Gasteiger partial charge in [-0.15, -0.1) is 0 Å². The summed E-state index contributed by atoms with van der Waals surface area (Å²) in [6, 6.07) is 8.61. The smallest absolute Gasteiger partial charge is 0.328 e. The largest absolute Gasteiger partial charge is 0.480 e. The first-order chi connectivity index (χ1) is 7.68. The van der Waals surface area contributed by atoms with E-state index >= 15 is 0 Å². The number of hydrogen-bond donors (Lipinski definition) is 2. The lowest BCUT2D eigenvalue weighted by molar-refractivity contribution is -0.142. The van der Waals surface area contributed by atoms with E-state index in [9.17, 15) is 9.59 Å². The minimum Gasteiger partial charge on any atom is -0.480 e. The van der Waals surface area contributed by atoms with Crippen LogP contribution in [0.15, 0.2) is 30.3 Å². The van der Waals surface area contributed by atoms with E-state index in [4.69, 9.17) is 5.11 Å². The van der Waals surface area contributed by atoms with Gasteiger partial charge < -0.3 is 5.11 Å². The van der Waals surface area contributed by atoms with Gasteiger partial charge in [-0.05, 0) is 12.0 Å². The number of carbonyl (C=O) groups is 2. The highest BCUT2D eigenvalue weighted by Gasteiger charge is 2.38. The highest BCUT2D eigenvalue weighted by atomic mass is 16.4. The molecule has 0 aliphatic carbocycles. The summed E-state index contributed by atoms with van der Waals surface area (Å²) in [5, 5.41) is 11.5. The number of carbonyl (C=O) groups excluding carboxylic acids is 1. The summed E-state index contributed by atoms with van der Waals surface area (Å²) < 4.78 is 0. The molecule has 0 saturated carbocycles. The molecule has 4 heteroatoms. The lowest BCUT2D eigenvalue weighted by Crippen LogP contribution is -2.36. The van der Waals surface area contributed by atoms with Crippen LogP contribution in [0.1, 0.15) is 5.56 Å². The zero-order valence-electron chi connectivity index (χ0n) is 8.72. The Morgan fingerprint density at radius 3 is 2.62 bits per heavy atom. The fourth-order valence-electron chi connectivity index (χ4n) is 1.98. The van der Waals surface area contributed by atoms with Crippen LogP contribution in [0.3, 0.4) is 0 Å². The number of carboxylic acids is 1. The molecule has 1 saturated heterocycles. The molecular weight excluding hydrogens is 206 g/mol. The molecule has 1 aliphatic heterocycles. The molecule has 0 aromatic heterocycles. The van der Waals surface area contributed by atoms with Gasteiger partial charge in [-0.3, -0.25) is 14.9 Å². The van der Waals surface area contributed by atoms with Crippen LogP contribution in [0, 0.1) is 5.92 Å². The maximum atomic E-state index is 11.7. The second-order valence-electron chi connectivity index (χ2n) is 3.97. The molecule has 84 valence electrons. The van der Waals surface area contributed by atoms with Crippen LogP contribution in [0.4, 0.5) is 0 Å². The highest BCUT2D eigenvalue weighted by molar-refractivity contribution is 6.05. The minimum atomic E-state index is -1.08. The Hall–Kier alpha value is -1.68. The van der Waals surface area contributed by atoms with Crippen molar-refractivity contribution in [1.29, 1.82) is 0 Å². The predicted octanol–water partition coefficient (Wildman–Crippen LogP) is 0.471. The molecule has 2 N–H and O–H groups in total. The van der Waals surface area contributed by atoms with Crippen LogP contribution >= 0.6 is 0 Å². The normalized spacial score (nSPS) is 24.6. The van der Waals surface area contributed by atoms with Crippen LogP contribution in [0.5, 0.6) is 0 Å². The van der Waals surface area contributed by atoms with Crippen molar-refractivity contribution in [3.05, 3.63) is 35.9 Å². The van der Waals surface area contributed by atoms with E-state index in [2.05, 4.69) is 5.32 Å². The summed E-state index contributed by atoms with van der Waals surface area (Å²) in [5.74, 6) is -1.51. The molecule has 1 aliphatic rings. The zero-order valence-corrected chi connectivity index (χ0v) is 8.72. The topological polar surface area (TPSA) is 66.4 Å². The van der Waals surface area contributed by atoms with Gasteiger partial charge >= 0.3 is 5.97 Å². The summed E-state index contributed by atoms with van der Waals surface area (Å²) in [6.45, 7) is 0.449. The van der Waals surface area contributed by atoms with Gasteiger partial charge in [-0.1, -0.05) is 30.3 Å². The Kier molecular flexibility index (Phi) is 3.01. The number of Topliss-reactive ketones (excluding diaryl/α,β-unsaturated/α-hetero) is 1. The van der Waals surface area contributed by atoms with Gasteiger partial charge in [-0.2, -0.15) is 0 Å². The maximum absolute atomic E-state index is 11.7. The molecule has 1 aromatic rings. The number of nitrogens with one attached hydrogen (secondary N) is 1. The van der Waals surface area contributed by atoms with Crippen molar-refractivity contribution in [2.24, 2.45) is 5.92 Å². The summed E-state index contributed by atoms with van der Waals surface area (Å²) in [6.07, 6.45) is 0.608. The summed E-state index contributed by atoms with van der Waals surface area (Å²) in [7, 11) is 0. The van der Waals surface area contributed by atoms with Gasteiger partial charge in [-0.25, -0.2) is 0 Å². The Balaban J connectivity index is 2.03. The molecule has 0 spiro atoms. The summed E-state index contributed by atoms with van der Waals surface area (Å²) in [4.78, 5) is 22.4. The fourth-order valence-corrected chi connectivity index (χ4v) is 1.98. The molecule has 1 aromatic carbocycles. The number of rotatable bonds is 3. The molecule has 2 atom stereocenters. The predicted molar refractivity (Wildman–Crippen MR) is 58.1 cm³/mol. The molecule has 1 heterocycles. The lowest BCUT2D eigenvalue weighted by atomic mass is 9.95. The van der Waals surface area contributed by atoms with E-state index in [0.29, 0.717) is 13.0 Å². The van der Waals surface area contributed by atoms with Crippen molar-refractivity contribution in [1.82, 2.24) is 5.32 Å². The molecule has 2 rings (SSSR count). The third-order valence-electron chi connectivity index (χ3n) is 2.83. The van der Waals surface area contributed by atoms with Crippen LogP contribution in [0.25, 0.3) is 0 Å². The Morgan fingerprint density at radius 2 is 2.06 bits per heavy atom. The standard InChI is InChI=1S/C12H13NO3/c14-11-9(7-13-10(11)12(15)16)6-8-4-2-1-3-5-8/h1-5,9-10,13H,6-7H2,(H,15,16)/t9?,10-/m0/s1. The quantitative estimate of drug-likeness (QED) is 0.725. The van der Waals surface area contributed by atoms with Crippen molar-refractivity contribution < 1.29 is 14.7 Å². The van der Waals surface area contributed by atoms with E-state index in [1.54, 1.807) is 0 Å². The maximum Gasteiger partial charge on any atom is 0.328 e. The van der Waals surface area contributed by atoms with Crippen LogP contribution in [0.2, 0.25) is 0 Å². The van der Waals surface area contributed by atoms with Gasteiger partial charge in [0, 0.05) is 12.5 Å². The minimum absolute atomic E-state index is 0.212. The molecule has 0 radical (unpaired) electrons. The number of benzene rings is 1. The van der Waals surface area contributed by atoms with Crippen molar-refractivity contribution in [3.63, 3.8) is 0 Å². The average molecular weight is 219 g/mol. The third-order valence-corrected chi connectivity index (χ3v) is 2.83. The monoisotopic (exact) mass is 219 g/mol. The molecule has 16 heavy (non-hydrogen) atoms. The lowest BCUT2D eigenvalue weighted by Gasteiger charge is -2.07. The fraction of sp³-hybridized carbons (Fsp3) is 0.333. The third kappa shape index (κ3) is 2.12. The van der Waals surface area contributed by atoms with Crippen molar-refractivity contribution >= 4 is 11.8 Å². The van der Waals surface area contributed by atoms with E-state index < -0.39 is 12.0 Å². The van der Waals surface area contributed by atoms with Gasteiger partial charge in [0.15, 0.2) is 11.8 Å². The number of hydrogen-bond acceptors (Lipinski definition) is 3. The Bertz CT molecular complexity index is 402. The van der Waals surface area contributed by atoms with E-state index in [1.807, 2.05) is 30.3 Å². The Morgan fingerprint density at radius 1 is 1.38 bits per heavy atom. The van der Waals surface area contributed by atoms with Crippen molar-refractivity contribution in [2.45, 2.75) is 12.5 Å². The van der Waals surface area contributed by atoms with Crippen molar-refractivity contribution in [3.8, 4) is 0 Å². The van der Waals surface area contributed by atoms with Crippen LogP contribution in [-0.2, 0) is 16.0 Å².